The number of rotatable bonds is 4. The molecular weight excluding hydrogens is 186 g/mol. The fourth-order valence-electron chi connectivity index (χ4n) is 1.07. The number of thiophene rings is 1. The van der Waals surface area contributed by atoms with E-state index in [9.17, 15) is 0 Å². The van der Waals surface area contributed by atoms with Crippen LogP contribution in [0.3, 0.4) is 0 Å². The molecule has 0 saturated heterocycles. The largest absolute Gasteiger partial charge is 0.324 e. The van der Waals surface area contributed by atoms with Gasteiger partial charge in [0.15, 0.2) is 0 Å². The van der Waals surface area contributed by atoms with Gasteiger partial charge in [0.25, 0.3) is 0 Å². The Morgan fingerprint density at radius 3 is 2.92 bits per heavy atom. The number of hydrogen-bond acceptors (Lipinski definition) is 3. The summed E-state index contributed by atoms with van der Waals surface area (Å²) in [7, 11) is 0. The van der Waals surface area contributed by atoms with Crippen molar-refractivity contribution in [2.75, 3.05) is 12.0 Å². The Kier molecular flexibility index (Phi) is 4.12. The van der Waals surface area contributed by atoms with Crippen molar-refractivity contribution in [3.8, 4) is 0 Å². The average molecular weight is 201 g/mol. The molecule has 1 aromatic rings. The van der Waals surface area contributed by atoms with Gasteiger partial charge < -0.3 is 5.73 Å². The Labute approximate surface area is 82.4 Å². The number of nitrogens with two attached hydrogens (primary N) is 1. The molecule has 1 rings (SSSR count). The zero-order chi connectivity index (χ0) is 8.97. The van der Waals surface area contributed by atoms with Gasteiger partial charge in [-0.3, -0.25) is 0 Å². The van der Waals surface area contributed by atoms with E-state index >= 15 is 0 Å². The van der Waals surface area contributed by atoms with Crippen LogP contribution < -0.4 is 5.73 Å². The first-order valence-electron chi connectivity index (χ1n) is 4.03. The van der Waals surface area contributed by atoms with Crippen LogP contribution in [-0.2, 0) is 0 Å². The van der Waals surface area contributed by atoms with Crippen LogP contribution in [0.2, 0.25) is 0 Å². The molecule has 0 aliphatic heterocycles. The van der Waals surface area contributed by atoms with Crippen LogP contribution in [-0.4, -0.2) is 12.0 Å². The van der Waals surface area contributed by atoms with Crippen molar-refractivity contribution in [2.45, 2.75) is 19.4 Å². The van der Waals surface area contributed by atoms with Crippen LogP contribution in [0.25, 0.3) is 0 Å². The maximum atomic E-state index is 5.99. The second kappa shape index (κ2) is 4.90. The molecule has 2 N–H and O–H groups in total. The van der Waals surface area contributed by atoms with Crippen molar-refractivity contribution in [3.63, 3.8) is 0 Å². The van der Waals surface area contributed by atoms with E-state index in [4.69, 9.17) is 5.73 Å². The molecule has 0 spiro atoms. The van der Waals surface area contributed by atoms with E-state index in [1.807, 2.05) is 11.8 Å². The molecule has 0 aliphatic carbocycles. The van der Waals surface area contributed by atoms with Gasteiger partial charge in [0, 0.05) is 10.9 Å². The molecule has 0 fully saturated rings. The third kappa shape index (κ3) is 2.81. The minimum Gasteiger partial charge on any atom is -0.324 e. The Hall–Kier alpha value is 0.0100. The van der Waals surface area contributed by atoms with Crippen LogP contribution in [0.15, 0.2) is 11.4 Å². The van der Waals surface area contributed by atoms with Gasteiger partial charge in [-0.25, -0.2) is 0 Å². The molecule has 1 heterocycles. The first-order valence-corrected chi connectivity index (χ1v) is 6.31. The summed E-state index contributed by atoms with van der Waals surface area (Å²) in [6.07, 6.45) is 3.20. The molecule has 1 atom stereocenters. The van der Waals surface area contributed by atoms with Crippen molar-refractivity contribution < 1.29 is 0 Å². The van der Waals surface area contributed by atoms with Gasteiger partial charge in [0.2, 0.25) is 0 Å². The molecule has 1 nitrogen and oxygen atoms in total. The predicted octanol–water partition coefficient (Wildman–Crippen LogP) is 2.81. The third-order valence-corrected chi connectivity index (χ3v) is 3.34. The molecule has 0 radical (unpaired) electrons. The fraction of sp³-hybridized carbons (Fsp3) is 0.556. The van der Waals surface area contributed by atoms with Crippen molar-refractivity contribution in [1.29, 1.82) is 0 Å². The molecule has 0 aromatic carbocycles. The summed E-state index contributed by atoms with van der Waals surface area (Å²) in [5, 5.41) is 2.17. The summed E-state index contributed by atoms with van der Waals surface area (Å²) < 4.78 is 0. The SMILES string of the molecule is CSCCC(N)c1csc(C)c1. The number of aryl methyl sites for hydroxylation is 1. The molecule has 0 aliphatic rings. The Bertz CT molecular complexity index is 232. The van der Waals surface area contributed by atoms with Gasteiger partial charge in [0.1, 0.15) is 0 Å². The lowest BCUT2D eigenvalue weighted by Crippen LogP contribution is -2.09. The normalized spacial score (nSPS) is 13.2. The van der Waals surface area contributed by atoms with Crippen molar-refractivity contribution in [1.82, 2.24) is 0 Å². The second-order valence-electron chi connectivity index (χ2n) is 2.88. The zero-order valence-electron chi connectivity index (χ0n) is 7.54. The number of hydrogen-bond donors (Lipinski definition) is 1. The molecule has 0 amide bonds. The van der Waals surface area contributed by atoms with E-state index in [-0.39, 0.29) is 6.04 Å². The van der Waals surface area contributed by atoms with Gasteiger partial charge in [-0.15, -0.1) is 11.3 Å². The predicted molar refractivity (Wildman–Crippen MR) is 59.0 cm³/mol. The minimum atomic E-state index is 0.238. The first kappa shape index (κ1) is 10.1. The van der Waals surface area contributed by atoms with E-state index in [0.29, 0.717) is 0 Å². The highest BCUT2D eigenvalue weighted by atomic mass is 32.2. The van der Waals surface area contributed by atoms with E-state index in [2.05, 4.69) is 24.6 Å². The van der Waals surface area contributed by atoms with E-state index in [0.717, 1.165) is 12.2 Å². The monoisotopic (exact) mass is 201 g/mol. The standard InChI is InChI=1S/C9H15NS2/c1-7-5-8(6-12-7)9(10)3-4-11-2/h5-6,9H,3-4,10H2,1-2H3. The summed E-state index contributed by atoms with van der Waals surface area (Å²) >= 11 is 3.63. The van der Waals surface area contributed by atoms with Crippen LogP contribution in [0.4, 0.5) is 0 Å². The quantitative estimate of drug-likeness (QED) is 0.810. The maximum Gasteiger partial charge on any atom is 0.0311 e. The van der Waals surface area contributed by atoms with Gasteiger partial charge in [-0.2, -0.15) is 11.8 Å². The van der Waals surface area contributed by atoms with Crippen LogP contribution in [0.1, 0.15) is 22.9 Å². The molecule has 0 saturated carbocycles. The lowest BCUT2D eigenvalue weighted by atomic mass is 10.1. The van der Waals surface area contributed by atoms with Crippen LogP contribution >= 0.6 is 23.1 Å². The lowest BCUT2D eigenvalue weighted by Gasteiger charge is -2.07. The highest BCUT2D eigenvalue weighted by molar-refractivity contribution is 7.98. The van der Waals surface area contributed by atoms with Gasteiger partial charge >= 0.3 is 0 Å². The average Bonchev–Trinajstić information content (AvgIpc) is 2.47. The summed E-state index contributed by atoms with van der Waals surface area (Å²) in [6.45, 7) is 2.12. The summed E-state index contributed by atoms with van der Waals surface area (Å²) in [5.74, 6) is 1.15. The van der Waals surface area contributed by atoms with E-state index < -0.39 is 0 Å². The van der Waals surface area contributed by atoms with Gasteiger partial charge in [0.05, 0.1) is 0 Å². The maximum absolute atomic E-state index is 5.99. The smallest absolute Gasteiger partial charge is 0.0311 e. The fourth-order valence-corrected chi connectivity index (χ4v) is 2.33. The molecule has 68 valence electrons. The summed E-state index contributed by atoms with van der Waals surface area (Å²) in [5.41, 5.74) is 7.29. The molecule has 1 aromatic heterocycles. The van der Waals surface area contributed by atoms with E-state index in [1.165, 1.54) is 10.4 Å². The Morgan fingerprint density at radius 2 is 2.42 bits per heavy atom. The van der Waals surface area contributed by atoms with Gasteiger partial charge in [-0.1, -0.05) is 0 Å². The summed E-state index contributed by atoms with van der Waals surface area (Å²) in [4.78, 5) is 1.35. The molecule has 3 heteroatoms. The first-order chi connectivity index (χ1) is 5.74. The Morgan fingerprint density at radius 1 is 1.67 bits per heavy atom. The summed E-state index contributed by atoms with van der Waals surface area (Å²) in [6, 6.07) is 2.43. The number of thioether (sulfide) groups is 1. The molecular formula is C9H15NS2. The van der Waals surface area contributed by atoms with Gasteiger partial charge in [-0.05, 0) is 42.4 Å². The van der Waals surface area contributed by atoms with E-state index in [1.54, 1.807) is 11.3 Å². The van der Waals surface area contributed by atoms with Crippen molar-refractivity contribution in [3.05, 3.63) is 21.9 Å². The molecule has 12 heavy (non-hydrogen) atoms. The zero-order valence-corrected chi connectivity index (χ0v) is 9.17. The Balaban J connectivity index is 2.47. The highest BCUT2D eigenvalue weighted by Crippen LogP contribution is 2.21. The lowest BCUT2D eigenvalue weighted by molar-refractivity contribution is 0.708. The highest BCUT2D eigenvalue weighted by Gasteiger charge is 2.06. The van der Waals surface area contributed by atoms with Crippen LogP contribution in [0, 0.1) is 6.92 Å². The van der Waals surface area contributed by atoms with Crippen molar-refractivity contribution >= 4 is 23.1 Å². The third-order valence-electron chi connectivity index (χ3n) is 1.81. The second-order valence-corrected chi connectivity index (χ2v) is 4.98. The topological polar surface area (TPSA) is 26.0 Å². The minimum absolute atomic E-state index is 0.238. The van der Waals surface area contributed by atoms with Crippen molar-refractivity contribution in [2.24, 2.45) is 5.73 Å². The molecule has 1 unspecified atom stereocenters. The van der Waals surface area contributed by atoms with Crippen LogP contribution in [0.5, 0.6) is 0 Å². The molecule has 0 bridgehead atoms.